The summed E-state index contributed by atoms with van der Waals surface area (Å²) in [6, 6.07) is 0. The molecule has 0 heterocycles. The van der Waals surface area contributed by atoms with Crippen LogP contribution in [0.25, 0.3) is 0 Å². The van der Waals surface area contributed by atoms with Crippen molar-refractivity contribution in [2.45, 2.75) is 103 Å². The van der Waals surface area contributed by atoms with Gasteiger partial charge < -0.3 is 0 Å². The van der Waals surface area contributed by atoms with E-state index in [9.17, 15) is 0 Å². The van der Waals surface area contributed by atoms with E-state index in [1.165, 1.54) is 96.3 Å². The molecule has 1 heteroatoms. The number of rotatable bonds is 15. The maximum atomic E-state index is 3.76. The van der Waals surface area contributed by atoms with E-state index in [-0.39, 0.29) is 26.6 Å². The molecule has 19 heavy (non-hydrogen) atoms. The fourth-order valence-electron chi connectivity index (χ4n) is 2.48. The van der Waals surface area contributed by atoms with E-state index in [2.05, 4.69) is 13.5 Å². The first-order chi connectivity index (χ1) is 8.91. The van der Waals surface area contributed by atoms with Crippen LogP contribution < -0.4 is 0 Å². The Labute approximate surface area is 142 Å². The molecule has 0 N–H and O–H groups in total. The predicted octanol–water partition coefficient (Wildman–Crippen LogP) is 6.13. The van der Waals surface area contributed by atoms with Crippen LogP contribution in [0.4, 0.5) is 0 Å². The number of hydrogen-bond acceptors (Lipinski definition) is 0. The summed E-state index contributed by atoms with van der Waals surface area (Å²) in [5, 5.41) is 0. The zero-order chi connectivity index (χ0) is 13.3. The van der Waals surface area contributed by atoms with E-state index in [4.69, 9.17) is 0 Å². The number of hydrogen-bond donors (Lipinski definition) is 0. The molecule has 0 bridgehead atoms. The third-order valence-corrected chi connectivity index (χ3v) is 3.76. The third kappa shape index (κ3) is 21.1. The summed E-state index contributed by atoms with van der Waals surface area (Å²) in [6.07, 6.45) is 23.5. The first-order valence-electron chi connectivity index (χ1n) is 8.52. The monoisotopic (exact) mass is 463 g/mol. The molecular formula is C18H38Po. The first kappa shape index (κ1) is 21.9. The normalized spacial score (nSPS) is 10.2. The van der Waals surface area contributed by atoms with Gasteiger partial charge in [0, 0.05) is 0 Å². The van der Waals surface area contributed by atoms with Crippen LogP contribution in [0.3, 0.4) is 0 Å². The van der Waals surface area contributed by atoms with E-state index >= 15 is 0 Å². The zero-order valence-electron chi connectivity index (χ0n) is 13.4. The van der Waals surface area contributed by atoms with E-state index in [1.807, 2.05) is 6.08 Å². The van der Waals surface area contributed by atoms with E-state index in [0.717, 1.165) is 0 Å². The second-order valence-electron chi connectivity index (χ2n) is 5.67. The molecule has 0 aliphatic rings. The average molecular weight is 464 g/mol. The van der Waals surface area contributed by atoms with Gasteiger partial charge in [0.2, 0.25) is 0 Å². The van der Waals surface area contributed by atoms with Crippen molar-refractivity contribution in [3.8, 4) is 0 Å². The number of allylic oxidation sites excluding steroid dienone is 1. The van der Waals surface area contributed by atoms with Gasteiger partial charge in [-0.2, -0.15) is 0 Å². The van der Waals surface area contributed by atoms with Gasteiger partial charge in [-0.3, -0.25) is 0 Å². The molecular weight excluding hydrogens is 425 g/mol. The molecule has 0 aromatic rings. The van der Waals surface area contributed by atoms with Crippen LogP contribution in [-0.2, 0) is 0 Å². The first-order valence-corrected chi connectivity index (χ1v) is 8.52. The van der Waals surface area contributed by atoms with Crippen LogP contribution in [0.5, 0.6) is 0 Å². The maximum absolute atomic E-state index is 3.76. The van der Waals surface area contributed by atoms with Gasteiger partial charge in [-0.05, 0) is 12.8 Å². The summed E-state index contributed by atoms with van der Waals surface area (Å²) in [7, 11) is 0. The Hall–Kier alpha value is 0.636. The average Bonchev–Trinajstić information content (AvgIpc) is 2.39. The molecule has 0 unspecified atom stereocenters. The van der Waals surface area contributed by atoms with E-state index < -0.39 is 0 Å². The standard InChI is InChI=1S/C18H36.Po.2H/c1-3-5-7-9-11-13-15-17-18-16-14-12-10-8-6-4-2;;;/h3H,1,4-18H2,2H3;;;. The Balaban J connectivity index is 0. The molecule has 0 spiro atoms. The zero-order valence-corrected chi connectivity index (χ0v) is 17.3. The Bertz CT molecular complexity index is 154. The van der Waals surface area contributed by atoms with Gasteiger partial charge in [0.1, 0.15) is 0 Å². The van der Waals surface area contributed by atoms with Gasteiger partial charge in [0.05, 0.1) is 0 Å². The van der Waals surface area contributed by atoms with Crippen LogP contribution in [-0.4, -0.2) is 26.6 Å². The van der Waals surface area contributed by atoms with Crippen LogP contribution in [0.1, 0.15) is 103 Å². The van der Waals surface area contributed by atoms with Crippen molar-refractivity contribution in [2.75, 3.05) is 0 Å². The Morgan fingerprint density at radius 3 is 1.21 bits per heavy atom. The van der Waals surface area contributed by atoms with Crippen molar-refractivity contribution >= 4 is 26.6 Å². The van der Waals surface area contributed by atoms with Crippen molar-refractivity contribution < 1.29 is 0 Å². The van der Waals surface area contributed by atoms with E-state index in [1.54, 1.807) is 0 Å². The quantitative estimate of drug-likeness (QED) is 0.203. The molecule has 0 aliphatic heterocycles. The fourth-order valence-corrected chi connectivity index (χ4v) is 2.48. The second-order valence-corrected chi connectivity index (χ2v) is 5.67. The van der Waals surface area contributed by atoms with Gasteiger partial charge in [0.15, 0.2) is 0 Å². The van der Waals surface area contributed by atoms with Crippen LogP contribution in [0, 0.1) is 0 Å². The summed E-state index contributed by atoms with van der Waals surface area (Å²) in [6.45, 7) is 6.05. The summed E-state index contributed by atoms with van der Waals surface area (Å²) in [5.74, 6) is 0. The second kappa shape index (κ2) is 20.9. The topological polar surface area (TPSA) is 0 Å². The molecule has 0 saturated carbocycles. The molecule has 0 radical (unpaired) electrons. The molecule has 0 aromatic heterocycles. The van der Waals surface area contributed by atoms with Crippen LogP contribution in [0.2, 0.25) is 0 Å². The summed E-state index contributed by atoms with van der Waals surface area (Å²) < 4.78 is 0. The van der Waals surface area contributed by atoms with Crippen molar-refractivity contribution in [2.24, 2.45) is 0 Å². The molecule has 0 saturated heterocycles. The van der Waals surface area contributed by atoms with Crippen LogP contribution >= 0.6 is 0 Å². The molecule has 0 rings (SSSR count). The van der Waals surface area contributed by atoms with Crippen molar-refractivity contribution in [1.29, 1.82) is 0 Å². The number of unbranched alkanes of at least 4 members (excludes halogenated alkanes) is 14. The molecule has 0 nitrogen and oxygen atoms in total. The van der Waals surface area contributed by atoms with Gasteiger partial charge >= 0.3 is 26.6 Å². The summed E-state index contributed by atoms with van der Waals surface area (Å²) in [5.41, 5.74) is 0. The van der Waals surface area contributed by atoms with Gasteiger partial charge in [-0.25, -0.2) is 0 Å². The minimum absolute atomic E-state index is 0. The Morgan fingerprint density at radius 2 is 0.895 bits per heavy atom. The molecule has 0 aromatic carbocycles. The van der Waals surface area contributed by atoms with Gasteiger partial charge in [0.25, 0.3) is 0 Å². The van der Waals surface area contributed by atoms with Crippen molar-refractivity contribution in [1.82, 2.24) is 0 Å². The molecule has 0 amide bonds. The Morgan fingerprint density at radius 1 is 0.579 bits per heavy atom. The summed E-state index contributed by atoms with van der Waals surface area (Å²) >= 11 is 0. The molecule has 116 valence electrons. The molecule has 0 atom stereocenters. The van der Waals surface area contributed by atoms with Crippen LogP contribution in [0.15, 0.2) is 12.7 Å². The van der Waals surface area contributed by atoms with Crippen molar-refractivity contribution in [3.05, 3.63) is 12.7 Å². The van der Waals surface area contributed by atoms with E-state index in [0.29, 0.717) is 0 Å². The fraction of sp³-hybridized carbons (Fsp3) is 0.889. The third-order valence-electron chi connectivity index (χ3n) is 3.76. The van der Waals surface area contributed by atoms with Crippen molar-refractivity contribution in [3.63, 3.8) is 0 Å². The molecule has 0 aliphatic carbocycles. The predicted molar refractivity (Wildman–Crippen MR) is 93.7 cm³/mol. The summed E-state index contributed by atoms with van der Waals surface area (Å²) in [4.78, 5) is 0. The molecule has 0 fully saturated rings. The van der Waals surface area contributed by atoms with Gasteiger partial charge in [-0.15, -0.1) is 6.58 Å². The minimum atomic E-state index is 0. The van der Waals surface area contributed by atoms with Gasteiger partial charge in [-0.1, -0.05) is 96.5 Å². The SMILES string of the molecule is C=CCCCCCCCCCCCCCCCC.[PoH2]. The Kier molecular flexibility index (Phi) is 24.2.